The molecule has 0 fully saturated rings. The van der Waals surface area contributed by atoms with E-state index in [1.807, 2.05) is 0 Å². The molecule has 2 aromatic rings. The lowest BCUT2D eigenvalue weighted by Gasteiger charge is -2.04. The maximum Gasteiger partial charge on any atom is 0.209 e. The highest BCUT2D eigenvalue weighted by Gasteiger charge is 2.12. The van der Waals surface area contributed by atoms with Crippen molar-refractivity contribution in [2.24, 2.45) is 0 Å². The van der Waals surface area contributed by atoms with Gasteiger partial charge in [0.25, 0.3) is 0 Å². The molecule has 0 bridgehead atoms. The summed E-state index contributed by atoms with van der Waals surface area (Å²) in [5.41, 5.74) is -0.00306. The van der Waals surface area contributed by atoms with E-state index in [0.717, 1.165) is 0 Å². The maximum absolute atomic E-state index is 13.1. The van der Waals surface area contributed by atoms with Gasteiger partial charge in [-0.3, -0.25) is 4.57 Å². The van der Waals surface area contributed by atoms with E-state index >= 15 is 0 Å². The number of carbonyl (C=O) groups is 1. The molecule has 0 aliphatic heterocycles. The monoisotopic (exact) mass is 213 g/mol. The molecule has 6 heteroatoms. The summed E-state index contributed by atoms with van der Waals surface area (Å²) in [6.45, 7) is 0. The Morgan fingerprint density at radius 2 is 2.29 bits per heavy atom. The normalized spacial score (nSPS) is 10.7. The fraction of sp³-hybridized carbons (Fsp3) is 0. The number of benzene rings is 1. The van der Waals surface area contributed by atoms with Crippen LogP contribution in [0.15, 0.2) is 18.2 Å². The summed E-state index contributed by atoms with van der Waals surface area (Å²) in [5.74, 6) is -0.621. The van der Waals surface area contributed by atoms with Crippen molar-refractivity contribution in [1.29, 1.82) is 0 Å². The molecule has 2 rings (SSSR count). The standard InChI is InChI=1S/C8H4ClFN2O2/c9-7-11-6-4(10)2-1-3-5(6)12(7)8(13)14/h1-3H,(H,13,14)/p-1. The zero-order chi connectivity index (χ0) is 10.3. The average molecular weight is 214 g/mol. The second-order valence-electron chi connectivity index (χ2n) is 2.59. The first kappa shape index (κ1) is 8.96. The van der Waals surface area contributed by atoms with Crippen LogP contribution in [0, 0.1) is 5.82 Å². The molecule has 4 nitrogen and oxygen atoms in total. The largest absolute Gasteiger partial charge is 0.529 e. The van der Waals surface area contributed by atoms with Crippen LogP contribution < -0.4 is 5.11 Å². The second-order valence-corrected chi connectivity index (χ2v) is 2.93. The van der Waals surface area contributed by atoms with Crippen LogP contribution in [0.4, 0.5) is 9.18 Å². The number of carboxylic acid groups (broad SMARTS) is 1. The Bertz CT molecular complexity index is 523. The van der Waals surface area contributed by atoms with Crippen LogP contribution in [-0.4, -0.2) is 15.6 Å². The molecule has 0 aliphatic rings. The quantitative estimate of drug-likeness (QED) is 0.657. The van der Waals surface area contributed by atoms with Gasteiger partial charge in [-0.1, -0.05) is 6.07 Å². The maximum atomic E-state index is 13.1. The van der Waals surface area contributed by atoms with Gasteiger partial charge in [-0.15, -0.1) is 0 Å². The number of hydrogen-bond acceptors (Lipinski definition) is 3. The number of halogens is 2. The molecule has 0 unspecified atom stereocenters. The van der Waals surface area contributed by atoms with Gasteiger partial charge < -0.3 is 9.90 Å². The predicted molar refractivity (Wildman–Crippen MR) is 45.5 cm³/mol. The second kappa shape index (κ2) is 2.95. The number of rotatable bonds is 0. The van der Waals surface area contributed by atoms with Gasteiger partial charge in [-0.05, 0) is 23.7 Å². The van der Waals surface area contributed by atoms with Crippen LogP contribution in [0.2, 0.25) is 5.28 Å². The van der Waals surface area contributed by atoms with Crippen molar-refractivity contribution >= 4 is 28.7 Å². The van der Waals surface area contributed by atoms with Gasteiger partial charge in [0.05, 0.1) is 5.52 Å². The molecule has 0 aliphatic carbocycles. The van der Waals surface area contributed by atoms with Crippen LogP contribution in [0.25, 0.3) is 11.0 Å². The highest BCUT2D eigenvalue weighted by molar-refractivity contribution is 6.30. The number of hydrogen-bond donors (Lipinski definition) is 0. The number of nitrogens with zero attached hydrogens (tertiary/aromatic N) is 2. The van der Waals surface area contributed by atoms with Crippen molar-refractivity contribution in [2.45, 2.75) is 0 Å². The molecular formula is C8H3ClFN2O2-. The summed E-state index contributed by atoms with van der Waals surface area (Å²) in [6, 6.07) is 3.94. The summed E-state index contributed by atoms with van der Waals surface area (Å²) in [7, 11) is 0. The Morgan fingerprint density at radius 3 is 2.93 bits per heavy atom. The third kappa shape index (κ3) is 1.13. The topological polar surface area (TPSA) is 57.9 Å². The van der Waals surface area contributed by atoms with Crippen molar-refractivity contribution in [3.8, 4) is 0 Å². The molecule has 1 heterocycles. The number of fused-ring (bicyclic) bond motifs is 1. The molecule has 72 valence electrons. The van der Waals surface area contributed by atoms with Crippen LogP contribution in [0.5, 0.6) is 0 Å². The highest BCUT2D eigenvalue weighted by atomic mass is 35.5. The Kier molecular flexibility index (Phi) is 1.89. The molecule has 1 aromatic carbocycles. The van der Waals surface area contributed by atoms with Gasteiger partial charge in [0, 0.05) is 0 Å². The van der Waals surface area contributed by atoms with Gasteiger partial charge in [0.2, 0.25) is 5.28 Å². The SMILES string of the molecule is O=C([O-])n1c(Cl)nc2c(F)cccc21. The minimum Gasteiger partial charge on any atom is -0.529 e. The van der Waals surface area contributed by atoms with Gasteiger partial charge >= 0.3 is 0 Å². The lowest BCUT2D eigenvalue weighted by Crippen LogP contribution is -2.28. The minimum atomic E-state index is -1.54. The molecule has 0 amide bonds. The highest BCUT2D eigenvalue weighted by Crippen LogP contribution is 2.21. The van der Waals surface area contributed by atoms with Gasteiger partial charge in [-0.2, -0.15) is 0 Å². The molecule has 1 aromatic heterocycles. The fourth-order valence-electron chi connectivity index (χ4n) is 1.21. The molecule has 0 N–H and O–H groups in total. The van der Waals surface area contributed by atoms with Crippen LogP contribution in [-0.2, 0) is 0 Å². The van der Waals surface area contributed by atoms with Gasteiger partial charge in [-0.25, -0.2) is 9.37 Å². The van der Waals surface area contributed by atoms with Crippen molar-refractivity contribution in [2.75, 3.05) is 0 Å². The number of carbonyl (C=O) groups excluding carboxylic acids is 1. The van der Waals surface area contributed by atoms with Crippen molar-refractivity contribution in [1.82, 2.24) is 9.55 Å². The zero-order valence-electron chi connectivity index (χ0n) is 6.70. The minimum absolute atomic E-state index is 0.0787. The Morgan fingerprint density at radius 1 is 1.57 bits per heavy atom. The summed E-state index contributed by atoms with van der Waals surface area (Å²) >= 11 is 5.50. The Hall–Kier alpha value is -1.62. The molecule has 0 radical (unpaired) electrons. The van der Waals surface area contributed by atoms with E-state index in [1.165, 1.54) is 18.2 Å². The summed E-state index contributed by atoms with van der Waals surface area (Å²) < 4.78 is 13.7. The zero-order valence-corrected chi connectivity index (χ0v) is 7.45. The van der Waals surface area contributed by atoms with Crippen molar-refractivity contribution in [3.63, 3.8) is 0 Å². The third-order valence-corrected chi connectivity index (χ3v) is 2.03. The average Bonchev–Trinajstić information content (AvgIpc) is 2.42. The van der Waals surface area contributed by atoms with E-state index in [1.54, 1.807) is 0 Å². The number of imidazole rings is 1. The van der Waals surface area contributed by atoms with E-state index in [4.69, 9.17) is 11.6 Å². The molecule has 14 heavy (non-hydrogen) atoms. The summed E-state index contributed by atoms with van der Waals surface area (Å²) in [6.07, 6.45) is -1.54. The molecule has 0 atom stereocenters. The first-order valence-corrected chi connectivity index (χ1v) is 4.03. The predicted octanol–water partition coefficient (Wildman–Crippen LogP) is 1.02. The lowest BCUT2D eigenvalue weighted by atomic mass is 10.3. The number of para-hydroxylation sites is 1. The first-order valence-electron chi connectivity index (χ1n) is 3.65. The van der Waals surface area contributed by atoms with E-state index in [-0.39, 0.29) is 16.3 Å². The van der Waals surface area contributed by atoms with Crippen LogP contribution >= 0.6 is 11.6 Å². The first-order chi connectivity index (χ1) is 6.61. The van der Waals surface area contributed by atoms with Crippen molar-refractivity contribution in [3.05, 3.63) is 29.3 Å². The summed E-state index contributed by atoms with van der Waals surface area (Å²) in [4.78, 5) is 14.2. The molecule has 0 saturated heterocycles. The molecular weight excluding hydrogens is 211 g/mol. The van der Waals surface area contributed by atoms with E-state index in [2.05, 4.69) is 4.98 Å². The molecule has 0 saturated carbocycles. The Balaban J connectivity index is 2.90. The van der Waals surface area contributed by atoms with Crippen molar-refractivity contribution < 1.29 is 14.3 Å². The third-order valence-electron chi connectivity index (χ3n) is 1.78. The smallest absolute Gasteiger partial charge is 0.209 e. The number of aromatic nitrogens is 2. The van der Waals surface area contributed by atoms with Crippen LogP contribution in [0.3, 0.4) is 0 Å². The Labute approximate surface area is 82.5 Å². The molecule has 0 spiro atoms. The van der Waals surface area contributed by atoms with E-state index in [9.17, 15) is 14.3 Å². The lowest BCUT2D eigenvalue weighted by molar-refractivity contribution is -0.249. The van der Waals surface area contributed by atoms with E-state index < -0.39 is 11.9 Å². The van der Waals surface area contributed by atoms with Crippen LogP contribution in [0.1, 0.15) is 0 Å². The van der Waals surface area contributed by atoms with Gasteiger partial charge in [0.15, 0.2) is 5.82 Å². The fourth-order valence-corrected chi connectivity index (χ4v) is 1.45. The van der Waals surface area contributed by atoms with E-state index in [0.29, 0.717) is 4.57 Å². The van der Waals surface area contributed by atoms with Gasteiger partial charge in [0.1, 0.15) is 11.6 Å². The summed E-state index contributed by atoms with van der Waals surface area (Å²) in [5, 5.41) is 10.3.